The minimum atomic E-state index is -1.23. The van der Waals surface area contributed by atoms with Gasteiger partial charge in [0.2, 0.25) is 0 Å². The Balaban J connectivity index is 1.37. The molecular weight excluding hydrogens is 773 g/mol. The fraction of sp³-hybridized carbons (Fsp3) is 0.667. The summed E-state index contributed by atoms with van der Waals surface area (Å²) in [5, 5.41) is 14.6. The van der Waals surface area contributed by atoms with E-state index >= 15 is 0 Å². The van der Waals surface area contributed by atoms with Crippen molar-refractivity contribution >= 4 is 34.9 Å². The molecule has 2 bridgehead atoms. The lowest BCUT2D eigenvalue weighted by Gasteiger charge is -2.47. The molecule has 0 radical (unpaired) electrons. The van der Waals surface area contributed by atoms with E-state index in [4.69, 9.17) is 28.7 Å². The lowest BCUT2D eigenvalue weighted by atomic mass is 9.73. The van der Waals surface area contributed by atoms with E-state index in [1.165, 1.54) is 6.92 Å². The first kappa shape index (κ1) is 44.8. The number of benzene rings is 1. The molecule has 1 unspecified atom stereocenters. The molecule has 3 fully saturated rings. The third kappa shape index (κ3) is 9.31. The average Bonchev–Trinajstić information content (AvgIpc) is 3.78. The summed E-state index contributed by atoms with van der Waals surface area (Å²) in [6.45, 7) is 15.7. The first-order chi connectivity index (χ1) is 28.0. The number of thiazole rings is 1. The molecule has 5 heterocycles. The molecule has 14 heteroatoms. The molecule has 0 spiro atoms. The summed E-state index contributed by atoms with van der Waals surface area (Å²) in [7, 11) is 3.81. The van der Waals surface area contributed by atoms with Gasteiger partial charge in [-0.15, -0.1) is 11.3 Å². The van der Waals surface area contributed by atoms with Crippen molar-refractivity contribution in [3.63, 3.8) is 0 Å². The first-order valence-corrected chi connectivity index (χ1v) is 21.9. The number of aliphatic hydroxyl groups is 1. The van der Waals surface area contributed by atoms with Crippen LogP contribution in [0.4, 0.5) is 4.79 Å². The number of cyclic esters (lactones) is 1. The van der Waals surface area contributed by atoms with Gasteiger partial charge in [0.05, 0.1) is 30.4 Å². The number of Topliss-reactive ketones (excluding diaryl/α,β-unsaturated/α-hetero) is 1. The Kier molecular flexibility index (Phi) is 14.1. The number of fused-ring (bicyclic) bond motifs is 1. The summed E-state index contributed by atoms with van der Waals surface area (Å²) in [5.41, 5.74) is 0.541. The Hall–Kier alpha value is -3.71. The summed E-state index contributed by atoms with van der Waals surface area (Å²) in [6.07, 6.45) is -1.11. The number of esters is 1. The smallest absolute Gasteiger partial charge is 0.410 e. The van der Waals surface area contributed by atoms with Crippen LogP contribution in [0.25, 0.3) is 10.6 Å². The van der Waals surface area contributed by atoms with Gasteiger partial charge < -0.3 is 33.7 Å². The van der Waals surface area contributed by atoms with Gasteiger partial charge in [0.1, 0.15) is 29.7 Å². The van der Waals surface area contributed by atoms with Crippen LogP contribution in [0.1, 0.15) is 80.2 Å². The third-order valence-corrected chi connectivity index (χ3v) is 13.7. The monoisotopic (exact) mass is 834 g/mol. The number of aromatic nitrogens is 1. The number of amides is 1. The highest BCUT2D eigenvalue weighted by Crippen LogP contribution is 2.44. The Morgan fingerprint density at radius 1 is 1.05 bits per heavy atom. The number of rotatable bonds is 8. The molecule has 1 N–H and O–H groups in total. The number of ether oxygens (including phenoxy) is 5. The van der Waals surface area contributed by atoms with E-state index in [1.807, 2.05) is 83.3 Å². The van der Waals surface area contributed by atoms with E-state index in [2.05, 4.69) is 23.7 Å². The molecule has 2 aromatic rings. The summed E-state index contributed by atoms with van der Waals surface area (Å²) in [4.78, 5) is 55.2. The number of aliphatic hydroxyl groups excluding tert-OH is 1. The lowest BCUT2D eigenvalue weighted by Crippen LogP contribution is -2.60. The van der Waals surface area contributed by atoms with E-state index < -0.39 is 71.5 Å². The Labute approximate surface area is 353 Å². The van der Waals surface area contributed by atoms with Crippen molar-refractivity contribution in [1.29, 1.82) is 0 Å². The van der Waals surface area contributed by atoms with E-state index in [0.717, 1.165) is 21.8 Å². The molecule has 322 valence electrons. The molecule has 1 amide bonds. The van der Waals surface area contributed by atoms with Gasteiger partial charge in [-0.2, -0.15) is 0 Å². The number of hydrogen-bond donors (Lipinski definition) is 1. The number of nitrogens with zero attached hydrogens (tertiary/aromatic N) is 4. The maximum atomic E-state index is 14.6. The first-order valence-electron chi connectivity index (χ1n) is 21.0. The zero-order valence-corrected chi connectivity index (χ0v) is 37.0. The van der Waals surface area contributed by atoms with Crippen LogP contribution < -0.4 is 0 Å². The molecule has 0 aliphatic carbocycles. The predicted molar refractivity (Wildman–Crippen MR) is 225 cm³/mol. The van der Waals surface area contributed by atoms with Crippen molar-refractivity contribution < 1.29 is 43.2 Å². The normalized spacial score (nSPS) is 36.8. The quantitative estimate of drug-likeness (QED) is 0.195. The van der Waals surface area contributed by atoms with Crippen LogP contribution in [0.5, 0.6) is 0 Å². The Morgan fingerprint density at radius 2 is 1.78 bits per heavy atom. The highest BCUT2D eigenvalue weighted by Gasteiger charge is 2.60. The second kappa shape index (κ2) is 18.5. The molecule has 3 saturated heterocycles. The molecule has 1 aromatic heterocycles. The topological polar surface area (TPSA) is 149 Å². The van der Waals surface area contributed by atoms with Crippen LogP contribution >= 0.6 is 11.3 Å². The van der Waals surface area contributed by atoms with Crippen molar-refractivity contribution in [3.05, 3.63) is 41.4 Å². The maximum absolute atomic E-state index is 14.6. The molecule has 13 nitrogen and oxygen atoms in total. The van der Waals surface area contributed by atoms with Crippen LogP contribution in [-0.2, 0) is 39.7 Å². The van der Waals surface area contributed by atoms with Crippen LogP contribution in [0.3, 0.4) is 0 Å². The van der Waals surface area contributed by atoms with Gasteiger partial charge in [-0.1, -0.05) is 63.8 Å². The molecular formula is C45H62N4O9S. The Morgan fingerprint density at radius 3 is 2.44 bits per heavy atom. The van der Waals surface area contributed by atoms with Crippen LogP contribution in [0, 0.1) is 35.5 Å². The zero-order valence-electron chi connectivity index (χ0n) is 36.2. The summed E-state index contributed by atoms with van der Waals surface area (Å²) in [6, 6.07) is 7.41. The van der Waals surface area contributed by atoms with Gasteiger partial charge in [-0.3, -0.25) is 19.5 Å². The fourth-order valence-electron chi connectivity index (χ4n) is 9.80. The standard InChI is InChI=1S/C45H62N4O9S/c1-11-34-45(8)38-28(4)35(46-19-21-49(38)43(53)58-45)26(2)25-44(7,54-22-13-12-14-31-15-17-32(18-16-31)40-47-20-23-59-40)39(29(5)36(50)30(6)41(52)56-34)57-42-37(51)33(48(9)10)24-27(3)55-42/h15-18,20,23,26-30,33-34,37-39,42,51H,11,14,19,21-22,24-25H2,1-10H3/t26-,27-,28-,29+,30-,33+,34+,37-,38?,39-,42+,44+,45-/m1/s1. The lowest BCUT2D eigenvalue weighted by molar-refractivity contribution is -0.296. The van der Waals surface area contributed by atoms with Crippen LogP contribution in [0.2, 0.25) is 0 Å². The van der Waals surface area contributed by atoms with Crippen molar-refractivity contribution in [2.24, 2.45) is 28.7 Å². The van der Waals surface area contributed by atoms with Crippen molar-refractivity contribution in [3.8, 4) is 22.4 Å². The Bertz CT molecular complexity index is 1900. The fourth-order valence-corrected chi connectivity index (χ4v) is 10.4. The second-order valence-electron chi connectivity index (χ2n) is 17.4. The van der Waals surface area contributed by atoms with Crippen molar-refractivity contribution in [2.75, 3.05) is 33.8 Å². The molecule has 59 heavy (non-hydrogen) atoms. The minimum absolute atomic E-state index is 0.0145. The summed E-state index contributed by atoms with van der Waals surface area (Å²) >= 11 is 1.59. The van der Waals surface area contributed by atoms with Gasteiger partial charge >= 0.3 is 12.1 Å². The van der Waals surface area contributed by atoms with Gasteiger partial charge in [-0.25, -0.2) is 9.78 Å². The zero-order chi connectivity index (χ0) is 42.8. The van der Waals surface area contributed by atoms with Gasteiger partial charge in [0.15, 0.2) is 17.7 Å². The van der Waals surface area contributed by atoms with Crippen LogP contribution in [-0.4, -0.2) is 131 Å². The number of likely N-dealkylation sites (N-methyl/N-ethyl adjacent to an activating group) is 1. The number of hydrogen-bond acceptors (Lipinski definition) is 13. The number of carbonyl (C=O) groups is 3. The summed E-state index contributed by atoms with van der Waals surface area (Å²) < 4.78 is 32.3. The molecule has 1 aromatic carbocycles. The number of aliphatic imine (C=N–C) groups is 1. The molecule has 13 atom stereocenters. The van der Waals surface area contributed by atoms with Gasteiger partial charge in [0, 0.05) is 53.7 Å². The van der Waals surface area contributed by atoms with Crippen molar-refractivity contribution in [1.82, 2.24) is 14.8 Å². The van der Waals surface area contributed by atoms with E-state index in [-0.39, 0.29) is 30.6 Å². The highest BCUT2D eigenvalue weighted by atomic mass is 32.1. The maximum Gasteiger partial charge on any atom is 0.410 e. The van der Waals surface area contributed by atoms with Crippen LogP contribution in [0.15, 0.2) is 40.8 Å². The third-order valence-electron chi connectivity index (χ3n) is 12.9. The summed E-state index contributed by atoms with van der Waals surface area (Å²) in [5.74, 6) is 2.68. The predicted octanol–water partition coefficient (Wildman–Crippen LogP) is 5.82. The SMILES string of the molecule is CC[C@@H]1OC(=O)[C@H](C)C(=O)[C@H](C)[C@@H](O[C@@H]2O[C@H](C)C[C@H](N(C)C)[C@H]2O)[C@@](C)(OCC#CCc2ccc(-c3nccs3)cc2)C[C@@H](C)C2=NCCN3C(=O)O[C@@]1(C)C3[C@@H]2C. The number of carbonyl (C=O) groups excluding carboxylic acids is 3. The largest absolute Gasteiger partial charge is 0.458 e. The van der Waals surface area contributed by atoms with Crippen molar-refractivity contribution in [2.45, 2.75) is 135 Å². The second-order valence-corrected chi connectivity index (χ2v) is 18.3. The highest BCUT2D eigenvalue weighted by molar-refractivity contribution is 7.13. The average molecular weight is 835 g/mol. The molecule has 0 saturated carbocycles. The molecule has 4 aliphatic heterocycles. The van der Waals surface area contributed by atoms with Gasteiger partial charge in [-0.05, 0) is 72.5 Å². The van der Waals surface area contributed by atoms with E-state index in [1.54, 1.807) is 29.4 Å². The van der Waals surface area contributed by atoms with Gasteiger partial charge in [0.25, 0.3) is 0 Å². The minimum Gasteiger partial charge on any atom is -0.458 e. The molecule has 6 rings (SSSR count). The van der Waals surface area contributed by atoms with E-state index in [9.17, 15) is 19.5 Å². The number of ketones is 1. The molecule has 4 aliphatic rings. The van der Waals surface area contributed by atoms with E-state index in [0.29, 0.717) is 38.8 Å².